The van der Waals surface area contributed by atoms with Crippen molar-refractivity contribution in [3.05, 3.63) is 12.2 Å². The number of esters is 2. The molecule has 0 radical (unpaired) electrons. The minimum atomic E-state index is -0.968. The number of unbranched alkanes of at least 4 members (excludes halogenated alkanes) is 14. The number of carbonyl (C=O) groups is 2. The minimum Gasteiger partial charge on any atom is -0.463 e. The number of hydrogen-bond acceptors (Lipinski definition) is 6. The van der Waals surface area contributed by atoms with Gasteiger partial charge in [-0.25, -0.2) is 0 Å². The minimum absolute atomic E-state index is 0.121. The maximum Gasteiger partial charge on any atom is 0.305 e. The molecule has 6 nitrogen and oxygen atoms in total. The number of ether oxygens (including phenoxy) is 3. The average molecular weight is 595 g/mol. The molecule has 0 aromatic heterocycles. The highest BCUT2D eigenvalue weighted by Gasteiger charge is 2.36. The lowest BCUT2D eigenvalue weighted by atomic mass is 9.99. The van der Waals surface area contributed by atoms with Crippen molar-refractivity contribution in [2.75, 3.05) is 13.2 Å². The second kappa shape index (κ2) is 27.2. The van der Waals surface area contributed by atoms with Gasteiger partial charge in [0.15, 0.2) is 0 Å². The molecule has 4 atom stereocenters. The van der Waals surface area contributed by atoms with E-state index in [9.17, 15) is 14.7 Å². The Kier molecular flexibility index (Phi) is 25.0. The van der Waals surface area contributed by atoms with E-state index < -0.39 is 6.10 Å². The summed E-state index contributed by atoms with van der Waals surface area (Å²) in [5, 5.41) is 9.98. The molecular weight excluding hydrogens is 528 g/mol. The fourth-order valence-corrected chi connectivity index (χ4v) is 5.24. The maximum absolute atomic E-state index is 11.9. The first kappa shape index (κ1) is 38.6. The van der Waals surface area contributed by atoms with E-state index in [1.54, 1.807) is 0 Å². The van der Waals surface area contributed by atoms with Gasteiger partial charge >= 0.3 is 11.9 Å². The number of allylic oxidation sites excluding steroid dienone is 1. The molecule has 246 valence electrons. The Bertz CT molecular complexity index is 678. The SMILES string of the molecule is CCCCCC1OC1C/C=C\CCCCCCCC(=O)OC[C@H](O)COC(=O)CCCCCCCCCCC(C)CC. The summed E-state index contributed by atoms with van der Waals surface area (Å²) >= 11 is 0. The van der Waals surface area contributed by atoms with Crippen LogP contribution in [-0.2, 0) is 23.8 Å². The average Bonchev–Trinajstić information content (AvgIpc) is 3.74. The standard InChI is InChI=1S/C36H66O6/c1-4-6-19-25-33-34(42-33)26-21-16-12-8-10-14-18-23-28-36(39)41-30-32(37)29-40-35(38)27-22-17-13-9-7-11-15-20-24-31(3)5-2/h16,21,31-34,37H,4-15,17-20,22-30H2,1-3H3/b21-16-/t31?,32-,33?,34?/m1/s1. The summed E-state index contributed by atoms with van der Waals surface area (Å²) in [6.07, 6.45) is 30.0. The van der Waals surface area contributed by atoms with Crippen LogP contribution < -0.4 is 0 Å². The summed E-state index contributed by atoms with van der Waals surface area (Å²) < 4.78 is 16.0. The quantitative estimate of drug-likeness (QED) is 0.0386. The van der Waals surface area contributed by atoms with Crippen LogP contribution in [0.1, 0.15) is 168 Å². The Morgan fingerprint density at radius 1 is 0.714 bits per heavy atom. The molecule has 1 fully saturated rings. The van der Waals surface area contributed by atoms with Crippen LogP contribution in [-0.4, -0.2) is 48.6 Å². The monoisotopic (exact) mass is 594 g/mol. The molecule has 3 unspecified atom stereocenters. The first-order chi connectivity index (χ1) is 20.5. The van der Waals surface area contributed by atoms with Crippen LogP contribution in [0.4, 0.5) is 0 Å². The van der Waals surface area contributed by atoms with Crippen molar-refractivity contribution < 1.29 is 28.9 Å². The van der Waals surface area contributed by atoms with Crippen molar-refractivity contribution in [1.82, 2.24) is 0 Å². The molecular formula is C36H66O6. The normalized spacial score (nSPS) is 17.8. The Hall–Kier alpha value is -1.40. The third kappa shape index (κ3) is 24.1. The van der Waals surface area contributed by atoms with E-state index in [1.165, 1.54) is 83.5 Å². The highest BCUT2D eigenvalue weighted by Crippen LogP contribution is 2.30. The molecule has 1 N–H and O–H groups in total. The zero-order valence-corrected chi connectivity index (χ0v) is 27.6. The first-order valence-corrected chi connectivity index (χ1v) is 17.8. The third-order valence-corrected chi connectivity index (χ3v) is 8.46. The van der Waals surface area contributed by atoms with Crippen LogP contribution >= 0.6 is 0 Å². The summed E-state index contributed by atoms with van der Waals surface area (Å²) in [4.78, 5) is 23.8. The predicted octanol–water partition coefficient (Wildman–Crippen LogP) is 9.41. The lowest BCUT2D eigenvalue weighted by Crippen LogP contribution is -2.25. The number of hydrogen-bond donors (Lipinski definition) is 1. The zero-order chi connectivity index (χ0) is 30.7. The van der Waals surface area contributed by atoms with Gasteiger partial charge in [0, 0.05) is 12.8 Å². The van der Waals surface area contributed by atoms with Gasteiger partial charge in [-0.15, -0.1) is 0 Å². The number of rotatable bonds is 30. The van der Waals surface area contributed by atoms with Gasteiger partial charge in [0.05, 0.1) is 12.2 Å². The molecule has 1 rings (SSSR count). The number of epoxide rings is 1. The van der Waals surface area contributed by atoms with Crippen molar-refractivity contribution in [2.24, 2.45) is 5.92 Å². The summed E-state index contributed by atoms with van der Waals surface area (Å²) in [6, 6.07) is 0. The van der Waals surface area contributed by atoms with Crippen molar-refractivity contribution in [3.63, 3.8) is 0 Å². The fourth-order valence-electron chi connectivity index (χ4n) is 5.24. The molecule has 6 heteroatoms. The second-order valence-electron chi connectivity index (χ2n) is 12.6. The van der Waals surface area contributed by atoms with Crippen molar-refractivity contribution in [1.29, 1.82) is 0 Å². The van der Waals surface area contributed by atoms with Crippen molar-refractivity contribution in [2.45, 2.75) is 187 Å². The van der Waals surface area contributed by atoms with Gasteiger partial charge in [-0.05, 0) is 44.4 Å². The van der Waals surface area contributed by atoms with Crippen LogP contribution in [0, 0.1) is 5.92 Å². The first-order valence-electron chi connectivity index (χ1n) is 17.8. The highest BCUT2D eigenvalue weighted by molar-refractivity contribution is 5.69. The molecule has 0 spiro atoms. The highest BCUT2D eigenvalue weighted by atomic mass is 16.6. The molecule has 42 heavy (non-hydrogen) atoms. The molecule has 0 saturated carbocycles. The van der Waals surface area contributed by atoms with E-state index in [2.05, 4.69) is 32.9 Å². The van der Waals surface area contributed by atoms with E-state index in [1.807, 2.05) is 0 Å². The number of aliphatic hydroxyl groups excluding tert-OH is 1. The van der Waals surface area contributed by atoms with E-state index in [4.69, 9.17) is 14.2 Å². The summed E-state index contributed by atoms with van der Waals surface area (Å²) in [7, 11) is 0. The maximum atomic E-state index is 11.9. The van der Waals surface area contributed by atoms with Gasteiger partial charge in [-0.1, -0.05) is 129 Å². The molecule has 1 aliphatic heterocycles. The van der Waals surface area contributed by atoms with Crippen LogP contribution in [0.25, 0.3) is 0 Å². The lowest BCUT2D eigenvalue weighted by Gasteiger charge is -2.12. The smallest absolute Gasteiger partial charge is 0.305 e. The van der Waals surface area contributed by atoms with Crippen LogP contribution in [0.15, 0.2) is 12.2 Å². The molecule has 0 aromatic rings. The van der Waals surface area contributed by atoms with Gasteiger partial charge in [0.2, 0.25) is 0 Å². The Morgan fingerprint density at radius 3 is 1.83 bits per heavy atom. The van der Waals surface area contributed by atoms with E-state index in [0.717, 1.165) is 57.3 Å². The van der Waals surface area contributed by atoms with Gasteiger partial charge in [0.25, 0.3) is 0 Å². The molecule has 0 bridgehead atoms. The van der Waals surface area contributed by atoms with Gasteiger partial charge < -0.3 is 19.3 Å². The van der Waals surface area contributed by atoms with Crippen LogP contribution in [0.5, 0.6) is 0 Å². The molecule has 1 aliphatic rings. The van der Waals surface area contributed by atoms with E-state index in [0.29, 0.717) is 25.0 Å². The Morgan fingerprint density at radius 2 is 1.26 bits per heavy atom. The summed E-state index contributed by atoms with van der Waals surface area (Å²) in [5.74, 6) is 0.272. The van der Waals surface area contributed by atoms with E-state index in [-0.39, 0.29) is 25.2 Å². The molecule has 1 heterocycles. The molecule has 0 amide bonds. The third-order valence-electron chi connectivity index (χ3n) is 8.46. The van der Waals surface area contributed by atoms with Gasteiger partial charge in [-0.3, -0.25) is 9.59 Å². The molecule has 1 saturated heterocycles. The lowest BCUT2D eigenvalue weighted by molar-refractivity contribution is -0.152. The predicted molar refractivity (Wildman–Crippen MR) is 172 cm³/mol. The number of carbonyl (C=O) groups excluding carboxylic acids is 2. The van der Waals surface area contributed by atoms with E-state index >= 15 is 0 Å². The second-order valence-corrected chi connectivity index (χ2v) is 12.6. The Labute approximate surface area is 258 Å². The van der Waals surface area contributed by atoms with Crippen molar-refractivity contribution in [3.8, 4) is 0 Å². The molecule has 0 aromatic carbocycles. The van der Waals surface area contributed by atoms with Crippen LogP contribution in [0.3, 0.4) is 0 Å². The van der Waals surface area contributed by atoms with Gasteiger partial charge in [0.1, 0.15) is 19.3 Å². The van der Waals surface area contributed by atoms with Crippen molar-refractivity contribution >= 4 is 11.9 Å². The summed E-state index contributed by atoms with van der Waals surface area (Å²) in [5.41, 5.74) is 0. The summed E-state index contributed by atoms with van der Waals surface area (Å²) in [6.45, 7) is 6.59. The fraction of sp³-hybridized carbons (Fsp3) is 0.889. The Balaban J connectivity index is 1.83. The number of aliphatic hydroxyl groups is 1. The van der Waals surface area contributed by atoms with Gasteiger partial charge in [-0.2, -0.15) is 0 Å². The molecule has 0 aliphatic carbocycles. The largest absolute Gasteiger partial charge is 0.463 e. The van der Waals surface area contributed by atoms with Crippen LogP contribution in [0.2, 0.25) is 0 Å². The topological polar surface area (TPSA) is 85.4 Å². The zero-order valence-electron chi connectivity index (χ0n) is 27.6.